The number of nitrogens with one attached hydrogen (secondary N) is 3. The van der Waals surface area contributed by atoms with Crippen molar-refractivity contribution in [3.8, 4) is 0 Å². The number of nitrogens with zero attached hydrogens (tertiary/aromatic N) is 3. The Hall–Kier alpha value is -2.89. The molecule has 0 saturated heterocycles. The van der Waals surface area contributed by atoms with E-state index < -0.39 is 0 Å². The molecule has 2 unspecified atom stereocenters. The van der Waals surface area contributed by atoms with Crippen LogP contribution in [0, 0.1) is 5.92 Å². The standard InChI is InChI=1S/C12H16N2.C10H15N3.C7H13N/c1-7(2)8-3-11-10-4-9(10)6-14-12(11)13-5-8;1-7(2)8-5-9-10(13-6-8)12-4-3-11-9;1-4-5-7(2)6-8-3/h3,5,7,9-10H,4,6H2,1-2H3,(H,13,14);5-7,11H,3-4H2,1-2H3,(H,12,13);6H,2,4-5H2,1,3H3. The van der Waals surface area contributed by atoms with Gasteiger partial charge >= 0.3 is 0 Å². The molecule has 3 N–H and O–H groups in total. The Labute approximate surface area is 212 Å². The van der Waals surface area contributed by atoms with Crippen LogP contribution in [0.2, 0.25) is 0 Å². The molecular weight excluding hydrogens is 432 g/mol. The first-order valence-corrected chi connectivity index (χ1v) is 13.1. The quantitative estimate of drug-likeness (QED) is 0.413. The van der Waals surface area contributed by atoms with Gasteiger partial charge in [-0.05, 0) is 64.8 Å². The maximum atomic E-state index is 4.51. The van der Waals surface area contributed by atoms with Gasteiger partial charge < -0.3 is 16.0 Å². The molecule has 35 heavy (non-hydrogen) atoms. The lowest BCUT2D eigenvalue weighted by Crippen LogP contribution is -2.21. The van der Waals surface area contributed by atoms with Crippen LogP contribution in [-0.4, -0.2) is 42.9 Å². The SMILES string of the molecule is C=C(C=NC)CCC.CC(C)c1cnc2c(c1)C1CC1CN2.CC(C)c1cnc2c(c1)NCCN2. The highest BCUT2D eigenvalue weighted by molar-refractivity contribution is 5.77. The number of aliphatic imine (C=N–C) groups is 1. The third-order valence-corrected chi connectivity index (χ3v) is 6.65. The average Bonchev–Trinajstić information content (AvgIpc) is 3.65. The van der Waals surface area contributed by atoms with E-state index >= 15 is 0 Å². The molecule has 2 aromatic rings. The van der Waals surface area contributed by atoms with Gasteiger partial charge in [0.05, 0.1) is 5.69 Å². The molecule has 2 aliphatic heterocycles. The van der Waals surface area contributed by atoms with Gasteiger partial charge in [0.15, 0.2) is 0 Å². The van der Waals surface area contributed by atoms with Crippen LogP contribution in [0.5, 0.6) is 0 Å². The molecule has 0 radical (unpaired) electrons. The van der Waals surface area contributed by atoms with E-state index in [1.165, 1.54) is 23.1 Å². The van der Waals surface area contributed by atoms with Gasteiger partial charge in [-0.2, -0.15) is 0 Å². The second-order valence-electron chi connectivity index (χ2n) is 10.3. The van der Waals surface area contributed by atoms with Crippen LogP contribution in [0.15, 0.2) is 41.7 Å². The van der Waals surface area contributed by atoms with Gasteiger partial charge in [0, 0.05) is 45.3 Å². The van der Waals surface area contributed by atoms with Crippen LogP contribution in [0.25, 0.3) is 0 Å². The predicted molar refractivity (Wildman–Crippen MR) is 151 cm³/mol. The molecule has 4 heterocycles. The lowest BCUT2D eigenvalue weighted by molar-refractivity contribution is 0.792. The van der Waals surface area contributed by atoms with Crippen molar-refractivity contribution in [3.63, 3.8) is 0 Å². The molecule has 2 atom stereocenters. The zero-order valence-electron chi connectivity index (χ0n) is 22.5. The summed E-state index contributed by atoms with van der Waals surface area (Å²) in [4.78, 5) is 12.7. The van der Waals surface area contributed by atoms with E-state index in [1.807, 2.05) is 18.6 Å². The summed E-state index contributed by atoms with van der Waals surface area (Å²) < 4.78 is 0. The Morgan fingerprint density at radius 2 is 1.69 bits per heavy atom. The maximum Gasteiger partial charge on any atom is 0.149 e. The van der Waals surface area contributed by atoms with Crippen LogP contribution in [-0.2, 0) is 0 Å². The number of anilines is 3. The summed E-state index contributed by atoms with van der Waals surface area (Å²) in [5.41, 5.74) is 6.38. The minimum Gasteiger partial charge on any atom is -0.380 e. The highest BCUT2D eigenvalue weighted by Gasteiger charge is 2.42. The van der Waals surface area contributed by atoms with Crippen molar-refractivity contribution in [1.82, 2.24) is 9.97 Å². The van der Waals surface area contributed by atoms with Crippen LogP contribution >= 0.6 is 0 Å². The molecule has 6 heteroatoms. The summed E-state index contributed by atoms with van der Waals surface area (Å²) in [6, 6.07) is 4.53. The van der Waals surface area contributed by atoms with E-state index in [9.17, 15) is 0 Å². The minimum atomic E-state index is 0.543. The Bertz CT molecular complexity index is 1010. The Balaban J connectivity index is 0.000000153. The van der Waals surface area contributed by atoms with Gasteiger partial charge in [0.1, 0.15) is 11.6 Å². The van der Waals surface area contributed by atoms with Crippen molar-refractivity contribution < 1.29 is 0 Å². The molecule has 0 bridgehead atoms. The van der Waals surface area contributed by atoms with Gasteiger partial charge in [-0.15, -0.1) is 0 Å². The van der Waals surface area contributed by atoms with E-state index in [0.29, 0.717) is 11.8 Å². The summed E-state index contributed by atoms with van der Waals surface area (Å²) >= 11 is 0. The lowest BCUT2D eigenvalue weighted by atomic mass is 9.99. The number of rotatable bonds is 5. The molecule has 2 aromatic heterocycles. The number of fused-ring (bicyclic) bond motifs is 4. The fraction of sp³-hybridized carbons (Fsp3) is 0.552. The van der Waals surface area contributed by atoms with Crippen molar-refractivity contribution >= 4 is 23.5 Å². The van der Waals surface area contributed by atoms with Crippen molar-refractivity contribution in [2.75, 3.05) is 42.6 Å². The number of hydrogen-bond donors (Lipinski definition) is 3. The second-order valence-corrected chi connectivity index (χ2v) is 10.3. The molecular formula is C29H44N6. The van der Waals surface area contributed by atoms with Gasteiger partial charge in [-0.3, -0.25) is 4.99 Å². The van der Waals surface area contributed by atoms with E-state index in [4.69, 9.17) is 0 Å². The second kappa shape index (κ2) is 12.7. The van der Waals surface area contributed by atoms with Crippen LogP contribution < -0.4 is 16.0 Å². The van der Waals surface area contributed by atoms with E-state index in [0.717, 1.165) is 67.2 Å². The summed E-state index contributed by atoms with van der Waals surface area (Å²) in [5.74, 6) is 4.96. The van der Waals surface area contributed by atoms with Crippen molar-refractivity contribution in [3.05, 3.63) is 53.4 Å². The van der Waals surface area contributed by atoms with Gasteiger partial charge in [0.2, 0.25) is 0 Å². The highest BCUT2D eigenvalue weighted by Crippen LogP contribution is 2.52. The van der Waals surface area contributed by atoms with Gasteiger partial charge in [-0.25, -0.2) is 9.97 Å². The zero-order chi connectivity index (χ0) is 25.4. The van der Waals surface area contributed by atoms with E-state index in [2.05, 4.69) is 84.2 Å². The Kier molecular flexibility index (Phi) is 9.70. The summed E-state index contributed by atoms with van der Waals surface area (Å²) in [5, 5.41) is 10.00. The van der Waals surface area contributed by atoms with Crippen molar-refractivity contribution in [2.24, 2.45) is 10.9 Å². The molecule has 0 spiro atoms. The molecule has 190 valence electrons. The fourth-order valence-electron chi connectivity index (χ4n) is 4.35. The number of pyridine rings is 2. The molecule has 6 nitrogen and oxygen atoms in total. The summed E-state index contributed by atoms with van der Waals surface area (Å²) in [6.45, 7) is 17.8. The first-order valence-electron chi connectivity index (χ1n) is 13.1. The molecule has 1 aliphatic carbocycles. The van der Waals surface area contributed by atoms with E-state index in [1.54, 1.807) is 7.05 Å². The first-order chi connectivity index (χ1) is 16.8. The van der Waals surface area contributed by atoms with E-state index in [-0.39, 0.29) is 0 Å². The normalized spacial score (nSPS) is 19.0. The summed E-state index contributed by atoms with van der Waals surface area (Å²) in [6.07, 6.45) is 9.36. The number of aromatic nitrogens is 2. The highest BCUT2D eigenvalue weighted by atomic mass is 15.1. The zero-order valence-corrected chi connectivity index (χ0v) is 22.5. The molecule has 1 fully saturated rings. The largest absolute Gasteiger partial charge is 0.380 e. The van der Waals surface area contributed by atoms with Crippen LogP contribution in [0.4, 0.5) is 17.3 Å². The third kappa shape index (κ3) is 7.55. The molecule has 5 rings (SSSR count). The third-order valence-electron chi connectivity index (χ3n) is 6.65. The molecule has 0 amide bonds. The monoisotopic (exact) mass is 476 g/mol. The smallest absolute Gasteiger partial charge is 0.149 e. The molecule has 1 saturated carbocycles. The lowest BCUT2D eigenvalue weighted by Gasteiger charge is -2.20. The van der Waals surface area contributed by atoms with Crippen LogP contribution in [0.1, 0.15) is 88.3 Å². The van der Waals surface area contributed by atoms with Gasteiger partial charge in [-0.1, -0.05) is 53.7 Å². The minimum absolute atomic E-state index is 0.543. The van der Waals surface area contributed by atoms with Crippen molar-refractivity contribution in [2.45, 2.75) is 71.6 Å². The number of hydrogen-bond acceptors (Lipinski definition) is 6. The molecule has 0 aromatic carbocycles. The van der Waals surface area contributed by atoms with Crippen LogP contribution in [0.3, 0.4) is 0 Å². The Morgan fingerprint density at radius 3 is 2.34 bits per heavy atom. The topological polar surface area (TPSA) is 74.2 Å². The number of allylic oxidation sites excluding steroid dienone is 1. The molecule has 3 aliphatic rings. The first kappa shape index (κ1) is 26.7. The predicted octanol–water partition coefficient (Wildman–Crippen LogP) is 6.82. The van der Waals surface area contributed by atoms with Crippen molar-refractivity contribution in [1.29, 1.82) is 0 Å². The Morgan fingerprint density at radius 1 is 1.03 bits per heavy atom. The van der Waals surface area contributed by atoms with Gasteiger partial charge in [0.25, 0.3) is 0 Å². The summed E-state index contributed by atoms with van der Waals surface area (Å²) in [7, 11) is 1.76. The average molecular weight is 477 g/mol. The fourth-order valence-corrected chi connectivity index (χ4v) is 4.35. The maximum absolute atomic E-state index is 4.51.